The molecule has 1 N–H and O–H groups in total. The van der Waals surface area contributed by atoms with E-state index in [1.54, 1.807) is 0 Å². The first kappa shape index (κ1) is 26.7. The van der Waals surface area contributed by atoms with Gasteiger partial charge in [-0.3, -0.25) is 18.8 Å². The predicted molar refractivity (Wildman–Crippen MR) is 161 cm³/mol. The molecule has 4 aromatic rings. The Hall–Kier alpha value is -3.50. The SMILES string of the molecule is CN1CCCN(c2ccc3c(=O)c(C(=O)NCCCN4CCCCCC4=O)c4sc5ccccc5n4c3n2)CC1. The van der Waals surface area contributed by atoms with Gasteiger partial charge in [-0.1, -0.05) is 18.6 Å². The standard InChI is InChI=1S/C30H36N6O3S/c1-33-15-8-18-34(20-19-33)24-13-12-21-27(38)26(29(39)31-14-7-17-35-16-6-2-3-11-25(35)37)30-36(28(21)32-24)22-9-4-5-10-23(22)40-30/h4-5,9-10,12-13H,2-3,6-8,11,14-20H2,1H3,(H,31,39). The molecule has 1 aromatic carbocycles. The minimum Gasteiger partial charge on any atom is -0.355 e. The summed E-state index contributed by atoms with van der Waals surface area (Å²) in [6.07, 6.45) is 5.38. The Kier molecular flexibility index (Phi) is 7.71. The summed E-state index contributed by atoms with van der Waals surface area (Å²) >= 11 is 1.44. The zero-order valence-electron chi connectivity index (χ0n) is 23.0. The van der Waals surface area contributed by atoms with Gasteiger partial charge in [-0.15, -0.1) is 11.3 Å². The van der Waals surface area contributed by atoms with Crippen LogP contribution in [0.1, 0.15) is 48.9 Å². The number of nitrogens with zero attached hydrogens (tertiary/aromatic N) is 5. The van der Waals surface area contributed by atoms with Gasteiger partial charge < -0.3 is 20.0 Å². The van der Waals surface area contributed by atoms with Crippen LogP contribution in [0.25, 0.3) is 26.1 Å². The highest BCUT2D eigenvalue weighted by Crippen LogP contribution is 2.31. The molecule has 40 heavy (non-hydrogen) atoms. The molecule has 0 bridgehead atoms. The van der Waals surface area contributed by atoms with Crippen molar-refractivity contribution in [1.82, 2.24) is 24.5 Å². The number of likely N-dealkylation sites (N-methyl/N-ethyl adjacent to an activating group) is 1. The maximum absolute atomic E-state index is 13.8. The number of hydrogen-bond acceptors (Lipinski definition) is 7. The van der Waals surface area contributed by atoms with E-state index in [0.717, 1.165) is 74.4 Å². The van der Waals surface area contributed by atoms with Crippen LogP contribution >= 0.6 is 11.3 Å². The van der Waals surface area contributed by atoms with Gasteiger partial charge in [-0.05, 0) is 63.5 Å². The van der Waals surface area contributed by atoms with Crippen LogP contribution in [0.3, 0.4) is 0 Å². The summed E-state index contributed by atoms with van der Waals surface area (Å²) in [5.74, 6) is 0.673. The molecule has 0 spiro atoms. The molecule has 10 heteroatoms. The van der Waals surface area contributed by atoms with Crippen molar-refractivity contribution in [3.63, 3.8) is 0 Å². The predicted octanol–water partition coefficient (Wildman–Crippen LogP) is 3.73. The highest BCUT2D eigenvalue weighted by molar-refractivity contribution is 7.24. The van der Waals surface area contributed by atoms with E-state index in [1.165, 1.54) is 11.3 Å². The van der Waals surface area contributed by atoms with Gasteiger partial charge in [0.05, 0.1) is 15.6 Å². The fraction of sp³-hybridized carbons (Fsp3) is 0.467. The molecular weight excluding hydrogens is 524 g/mol. The maximum atomic E-state index is 13.8. The zero-order valence-corrected chi connectivity index (χ0v) is 23.8. The van der Waals surface area contributed by atoms with Gasteiger partial charge >= 0.3 is 0 Å². The third kappa shape index (κ3) is 5.17. The normalized spacial score (nSPS) is 17.5. The number of nitrogens with one attached hydrogen (secondary N) is 1. The van der Waals surface area contributed by atoms with Crippen molar-refractivity contribution in [2.75, 3.05) is 57.8 Å². The van der Waals surface area contributed by atoms with Gasteiger partial charge in [-0.2, -0.15) is 0 Å². The highest BCUT2D eigenvalue weighted by atomic mass is 32.1. The van der Waals surface area contributed by atoms with Gasteiger partial charge in [0.15, 0.2) is 5.65 Å². The Balaban J connectivity index is 1.33. The van der Waals surface area contributed by atoms with Gasteiger partial charge in [0.1, 0.15) is 16.2 Å². The number of rotatable bonds is 6. The van der Waals surface area contributed by atoms with Crippen molar-refractivity contribution in [1.29, 1.82) is 0 Å². The first-order valence-electron chi connectivity index (χ1n) is 14.4. The number of thiazole rings is 1. The molecule has 0 unspecified atom stereocenters. The maximum Gasteiger partial charge on any atom is 0.258 e. The van der Waals surface area contributed by atoms with Crippen LogP contribution in [0.5, 0.6) is 0 Å². The molecule has 210 valence electrons. The highest BCUT2D eigenvalue weighted by Gasteiger charge is 2.24. The Morgan fingerprint density at radius 3 is 2.75 bits per heavy atom. The molecule has 2 aliphatic rings. The van der Waals surface area contributed by atoms with Crippen LogP contribution in [-0.4, -0.2) is 83.9 Å². The van der Waals surface area contributed by atoms with Crippen LogP contribution < -0.4 is 15.6 Å². The summed E-state index contributed by atoms with van der Waals surface area (Å²) in [7, 11) is 2.14. The lowest BCUT2D eigenvalue weighted by Crippen LogP contribution is -2.35. The molecule has 5 heterocycles. The molecule has 2 aliphatic heterocycles. The lowest BCUT2D eigenvalue weighted by atomic mass is 10.1. The topological polar surface area (TPSA) is 90.3 Å². The molecule has 6 rings (SSSR count). The van der Waals surface area contributed by atoms with E-state index >= 15 is 0 Å². The number of aromatic nitrogens is 2. The molecule has 0 radical (unpaired) electrons. The summed E-state index contributed by atoms with van der Waals surface area (Å²) in [4.78, 5) is 51.8. The fourth-order valence-corrected chi connectivity index (χ4v) is 7.05. The van der Waals surface area contributed by atoms with Crippen LogP contribution in [-0.2, 0) is 4.79 Å². The number of pyridine rings is 2. The molecule has 0 saturated carbocycles. The average molecular weight is 561 g/mol. The van der Waals surface area contributed by atoms with E-state index in [1.807, 2.05) is 45.7 Å². The minimum atomic E-state index is -0.377. The number of amides is 2. The van der Waals surface area contributed by atoms with E-state index < -0.39 is 0 Å². The van der Waals surface area contributed by atoms with Crippen LogP contribution in [0.2, 0.25) is 0 Å². The molecule has 0 atom stereocenters. The molecular formula is C30H36N6O3S. The number of para-hydroxylation sites is 1. The molecule has 2 fully saturated rings. The van der Waals surface area contributed by atoms with Crippen molar-refractivity contribution in [3.05, 3.63) is 52.2 Å². The first-order chi connectivity index (χ1) is 19.5. The molecule has 9 nitrogen and oxygen atoms in total. The van der Waals surface area contributed by atoms with Crippen molar-refractivity contribution in [3.8, 4) is 0 Å². The second-order valence-electron chi connectivity index (χ2n) is 10.9. The molecule has 0 aliphatic carbocycles. The lowest BCUT2D eigenvalue weighted by Gasteiger charge is -2.22. The van der Waals surface area contributed by atoms with Gasteiger partial charge in [0, 0.05) is 45.7 Å². The first-order valence-corrected chi connectivity index (χ1v) is 15.2. The number of hydrogen-bond donors (Lipinski definition) is 1. The Morgan fingerprint density at radius 1 is 0.975 bits per heavy atom. The van der Waals surface area contributed by atoms with Crippen molar-refractivity contribution in [2.24, 2.45) is 0 Å². The van der Waals surface area contributed by atoms with Gasteiger partial charge in [0.2, 0.25) is 11.3 Å². The second-order valence-corrected chi connectivity index (χ2v) is 11.9. The van der Waals surface area contributed by atoms with E-state index in [4.69, 9.17) is 4.98 Å². The third-order valence-electron chi connectivity index (χ3n) is 8.11. The fourth-order valence-electron chi connectivity index (χ4n) is 5.87. The Bertz CT molecular complexity index is 1630. The monoisotopic (exact) mass is 560 g/mol. The number of benzene rings is 1. The average Bonchev–Trinajstić information content (AvgIpc) is 3.05. The van der Waals surface area contributed by atoms with Crippen LogP contribution in [0.4, 0.5) is 5.82 Å². The number of fused-ring (bicyclic) bond motifs is 5. The van der Waals surface area contributed by atoms with Gasteiger partial charge in [-0.25, -0.2) is 4.98 Å². The van der Waals surface area contributed by atoms with E-state index in [-0.39, 0.29) is 22.8 Å². The minimum absolute atomic E-state index is 0.158. The zero-order chi connectivity index (χ0) is 27.6. The summed E-state index contributed by atoms with van der Waals surface area (Å²) < 4.78 is 2.97. The van der Waals surface area contributed by atoms with E-state index in [9.17, 15) is 14.4 Å². The van der Waals surface area contributed by atoms with E-state index in [2.05, 4.69) is 22.2 Å². The third-order valence-corrected chi connectivity index (χ3v) is 9.25. The van der Waals surface area contributed by atoms with Crippen molar-refractivity contribution >= 4 is 55.0 Å². The Labute approximate surface area is 237 Å². The van der Waals surface area contributed by atoms with Gasteiger partial charge in [0.25, 0.3) is 5.91 Å². The second kappa shape index (κ2) is 11.5. The molecule has 2 saturated heterocycles. The molecule has 2 amide bonds. The number of carbonyl (C=O) groups excluding carboxylic acids is 2. The Morgan fingerprint density at radius 2 is 1.85 bits per heavy atom. The smallest absolute Gasteiger partial charge is 0.258 e. The summed E-state index contributed by atoms with van der Waals surface area (Å²) in [5.41, 5.74) is 1.38. The number of carbonyl (C=O) groups is 2. The summed E-state index contributed by atoms with van der Waals surface area (Å²) in [6.45, 7) is 5.60. The number of anilines is 1. The molecule has 3 aromatic heterocycles. The largest absolute Gasteiger partial charge is 0.355 e. The van der Waals surface area contributed by atoms with Crippen LogP contribution in [0, 0.1) is 0 Å². The quantitative estimate of drug-likeness (QED) is 0.362. The van der Waals surface area contributed by atoms with Crippen LogP contribution in [0.15, 0.2) is 41.2 Å². The lowest BCUT2D eigenvalue weighted by molar-refractivity contribution is -0.130. The van der Waals surface area contributed by atoms with Crippen molar-refractivity contribution < 1.29 is 9.59 Å². The summed E-state index contributed by atoms with van der Waals surface area (Å²) in [6, 6.07) is 11.7. The van der Waals surface area contributed by atoms with Crippen molar-refractivity contribution in [2.45, 2.75) is 38.5 Å². The number of likely N-dealkylation sites (tertiary alicyclic amines) is 1. The van der Waals surface area contributed by atoms with E-state index in [0.29, 0.717) is 41.8 Å². The summed E-state index contributed by atoms with van der Waals surface area (Å²) in [5, 5.41) is 3.41.